The topological polar surface area (TPSA) is 93.8 Å². The molecule has 1 saturated heterocycles. The summed E-state index contributed by atoms with van der Waals surface area (Å²) in [6, 6.07) is 17.2. The highest BCUT2D eigenvalue weighted by Crippen LogP contribution is 2.29. The van der Waals surface area contributed by atoms with E-state index >= 15 is 0 Å². The summed E-state index contributed by atoms with van der Waals surface area (Å²) in [5.74, 6) is -0.626. The van der Waals surface area contributed by atoms with Gasteiger partial charge in [-0.25, -0.2) is 4.79 Å². The normalized spacial score (nSPS) is 13.5. The van der Waals surface area contributed by atoms with Crippen LogP contribution in [0.15, 0.2) is 60.7 Å². The van der Waals surface area contributed by atoms with Gasteiger partial charge in [0.15, 0.2) is 0 Å². The number of carbonyl (C=O) groups is 3. The quantitative estimate of drug-likeness (QED) is 0.265. The summed E-state index contributed by atoms with van der Waals surface area (Å²) in [5, 5.41) is 10.4. The number of hydrogen-bond donors (Lipinski definition) is 3. The second-order valence-electron chi connectivity index (χ2n) is 10.4. The van der Waals surface area contributed by atoms with Gasteiger partial charge in [0.1, 0.15) is 0 Å². The number of urea groups is 1. The maximum Gasteiger partial charge on any atom is 0.317 e. The van der Waals surface area contributed by atoms with E-state index in [1.807, 2.05) is 26.0 Å². The van der Waals surface area contributed by atoms with Crippen LogP contribution in [0.25, 0.3) is 0 Å². The number of halogens is 3. The molecule has 1 aliphatic heterocycles. The van der Waals surface area contributed by atoms with Gasteiger partial charge in [-0.2, -0.15) is 0 Å². The van der Waals surface area contributed by atoms with Crippen LogP contribution in [-0.4, -0.2) is 61.5 Å². The molecule has 222 valence electrons. The van der Waals surface area contributed by atoms with Gasteiger partial charge >= 0.3 is 6.03 Å². The first kappa shape index (κ1) is 31.5. The summed E-state index contributed by atoms with van der Waals surface area (Å²) >= 11 is 18.4. The Bertz CT molecular complexity index is 1450. The molecule has 1 fully saturated rings. The summed E-state index contributed by atoms with van der Waals surface area (Å²) in [6.45, 7) is 6.63. The van der Waals surface area contributed by atoms with Crippen LogP contribution in [0.4, 0.5) is 16.2 Å². The summed E-state index contributed by atoms with van der Waals surface area (Å²) in [5.41, 5.74) is 2.93. The van der Waals surface area contributed by atoms with Crippen LogP contribution in [0.2, 0.25) is 15.1 Å². The molecule has 0 aliphatic carbocycles. The molecule has 3 N–H and O–H groups in total. The van der Waals surface area contributed by atoms with Crippen LogP contribution in [-0.2, 0) is 6.42 Å². The fraction of sp³-hybridized carbons (Fsp3) is 0.323. The van der Waals surface area contributed by atoms with Crippen molar-refractivity contribution in [1.29, 1.82) is 0 Å². The van der Waals surface area contributed by atoms with Gasteiger partial charge in [-0.1, -0.05) is 46.9 Å². The van der Waals surface area contributed by atoms with Crippen molar-refractivity contribution in [1.82, 2.24) is 15.5 Å². The molecule has 4 amide bonds. The van der Waals surface area contributed by atoms with Crippen molar-refractivity contribution in [2.75, 3.05) is 42.9 Å². The third kappa shape index (κ3) is 8.53. The zero-order valence-corrected chi connectivity index (χ0v) is 25.8. The Morgan fingerprint density at radius 1 is 0.833 bits per heavy atom. The van der Waals surface area contributed by atoms with Crippen LogP contribution in [0, 0.1) is 0 Å². The lowest BCUT2D eigenvalue weighted by Gasteiger charge is -2.27. The zero-order chi connectivity index (χ0) is 30.2. The second-order valence-corrected chi connectivity index (χ2v) is 11.6. The van der Waals surface area contributed by atoms with Crippen LogP contribution in [0.3, 0.4) is 0 Å². The highest BCUT2D eigenvalue weighted by molar-refractivity contribution is 6.35. The molecule has 0 radical (unpaired) electrons. The SMILES string of the molecule is CC(C)NC(=O)N1CCCN(c2ccc(C(=O)NCCc3ccc(Cl)cc3Cl)cc2NC(=O)c2cccc(Cl)c2)CC1. The van der Waals surface area contributed by atoms with E-state index in [9.17, 15) is 14.4 Å². The number of anilines is 2. The zero-order valence-electron chi connectivity index (χ0n) is 23.6. The number of nitrogens with one attached hydrogen (secondary N) is 3. The third-order valence-corrected chi connectivity index (χ3v) is 7.65. The first-order chi connectivity index (χ1) is 20.1. The van der Waals surface area contributed by atoms with Crippen LogP contribution < -0.4 is 20.9 Å². The first-order valence-electron chi connectivity index (χ1n) is 13.8. The Morgan fingerprint density at radius 3 is 2.33 bits per heavy atom. The number of amides is 4. The number of nitrogens with zero attached hydrogens (tertiary/aromatic N) is 2. The van der Waals surface area contributed by atoms with Crippen molar-refractivity contribution >= 4 is 64.0 Å². The van der Waals surface area contributed by atoms with Gasteiger partial charge < -0.3 is 25.8 Å². The maximum absolute atomic E-state index is 13.2. The van der Waals surface area contributed by atoms with Crippen LogP contribution in [0.5, 0.6) is 0 Å². The van der Waals surface area contributed by atoms with E-state index in [0.717, 1.165) is 17.7 Å². The lowest BCUT2D eigenvalue weighted by molar-refractivity contribution is 0.0952. The molecular weight excluding hydrogens is 597 g/mol. The molecule has 3 aromatic carbocycles. The van der Waals surface area contributed by atoms with Crippen LogP contribution in [0.1, 0.15) is 46.5 Å². The molecule has 11 heteroatoms. The van der Waals surface area contributed by atoms with Crippen molar-refractivity contribution in [3.05, 3.63) is 92.4 Å². The van der Waals surface area contributed by atoms with Crippen molar-refractivity contribution in [2.45, 2.75) is 32.7 Å². The average molecular weight is 631 g/mol. The smallest absolute Gasteiger partial charge is 0.317 e. The van der Waals surface area contributed by atoms with Crippen LogP contribution >= 0.6 is 34.8 Å². The van der Waals surface area contributed by atoms with Crippen molar-refractivity contribution in [2.24, 2.45) is 0 Å². The third-order valence-electron chi connectivity index (χ3n) is 6.82. The molecule has 1 heterocycles. The Balaban J connectivity index is 1.53. The minimum atomic E-state index is -0.346. The van der Waals surface area contributed by atoms with E-state index in [1.165, 1.54) is 0 Å². The summed E-state index contributed by atoms with van der Waals surface area (Å²) in [6.07, 6.45) is 1.29. The van der Waals surface area contributed by atoms with E-state index in [-0.39, 0.29) is 23.9 Å². The Hall–Kier alpha value is -3.46. The van der Waals surface area contributed by atoms with Gasteiger partial charge in [-0.15, -0.1) is 0 Å². The lowest BCUT2D eigenvalue weighted by Crippen LogP contribution is -2.44. The largest absolute Gasteiger partial charge is 0.368 e. The molecule has 0 atom stereocenters. The fourth-order valence-corrected chi connectivity index (χ4v) is 5.41. The molecule has 0 aromatic heterocycles. The summed E-state index contributed by atoms with van der Waals surface area (Å²) in [7, 11) is 0. The Kier molecular flexibility index (Phi) is 11.0. The molecule has 1 aliphatic rings. The first-order valence-corrected chi connectivity index (χ1v) is 15.0. The highest BCUT2D eigenvalue weighted by Gasteiger charge is 2.23. The molecule has 0 unspecified atom stereocenters. The predicted molar refractivity (Wildman–Crippen MR) is 170 cm³/mol. The molecule has 3 aromatic rings. The second kappa shape index (κ2) is 14.6. The summed E-state index contributed by atoms with van der Waals surface area (Å²) < 4.78 is 0. The van der Waals surface area contributed by atoms with E-state index < -0.39 is 0 Å². The van der Waals surface area contributed by atoms with Gasteiger partial charge in [-0.3, -0.25) is 9.59 Å². The van der Waals surface area contributed by atoms with Crippen molar-refractivity contribution < 1.29 is 14.4 Å². The molecule has 0 bridgehead atoms. The van der Waals surface area contributed by atoms with E-state index in [0.29, 0.717) is 71.0 Å². The van der Waals surface area contributed by atoms with E-state index in [4.69, 9.17) is 34.8 Å². The number of hydrogen-bond acceptors (Lipinski definition) is 4. The minimum Gasteiger partial charge on any atom is -0.368 e. The molecule has 0 saturated carbocycles. The van der Waals surface area contributed by atoms with Gasteiger partial charge in [0.2, 0.25) is 0 Å². The standard InChI is InChI=1S/C31H34Cl3N5O3/c1-20(2)36-31(42)39-14-4-13-38(15-16-39)28-10-8-23(18-27(28)37-30(41)22-5-3-6-24(32)17-22)29(40)35-12-11-21-7-9-25(33)19-26(21)34/h3,5-10,17-20H,4,11-16H2,1-2H3,(H,35,40)(H,36,42)(H,37,41). The fourth-order valence-electron chi connectivity index (χ4n) is 4.71. The molecular formula is C31H34Cl3N5O3. The number of carbonyl (C=O) groups excluding carboxylic acids is 3. The minimum absolute atomic E-state index is 0.0482. The molecule has 8 nitrogen and oxygen atoms in total. The lowest BCUT2D eigenvalue weighted by atomic mass is 10.1. The monoisotopic (exact) mass is 629 g/mol. The van der Waals surface area contributed by atoms with Gasteiger partial charge in [0, 0.05) is 65.0 Å². The molecule has 42 heavy (non-hydrogen) atoms. The Labute approximate surface area is 261 Å². The Morgan fingerprint density at radius 2 is 1.60 bits per heavy atom. The number of rotatable bonds is 8. The molecule has 4 rings (SSSR count). The summed E-state index contributed by atoms with van der Waals surface area (Å²) in [4.78, 5) is 42.9. The van der Waals surface area contributed by atoms with Gasteiger partial charge in [0.25, 0.3) is 11.8 Å². The highest BCUT2D eigenvalue weighted by atomic mass is 35.5. The maximum atomic E-state index is 13.2. The van der Waals surface area contributed by atoms with E-state index in [2.05, 4.69) is 20.9 Å². The number of benzene rings is 3. The van der Waals surface area contributed by atoms with Crippen molar-refractivity contribution in [3.8, 4) is 0 Å². The van der Waals surface area contributed by atoms with Crippen molar-refractivity contribution in [3.63, 3.8) is 0 Å². The average Bonchev–Trinajstić information content (AvgIpc) is 3.20. The predicted octanol–water partition coefficient (Wildman–Crippen LogP) is 6.50. The van der Waals surface area contributed by atoms with E-state index in [1.54, 1.807) is 53.4 Å². The van der Waals surface area contributed by atoms with Gasteiger partial charge in [-0.05, 0) is 80.8 Å². The molecule has 0 spiro atoms. The van der Waals surface area contributed by atoms with Gasteiger partial charge in [0.05, 0.1) is 11.4 Å².